The highest BCUT2D eigenvalue weighted by atomic mass is 35.5. The van der Waals surface area contributed by atoms with Crippen LogP contribution in [0.15, 0.2) is 36.4 Å². The lowest BCUT2D eigenvalue weighted by molar-refractivity contribution is -0.117. The van der Waals surface area contributed by atoms with Gasteiger partial charge in [-0.1, -0.05) is 23.2 Å². The predicted octanol–water partition coefficient (Wildman–Crippen LogP) is 4.07. The molecule has 0 spiro atoms. The van der Waals surface area contributed by atoms with E-state index in [1.807, 2.05) is 0 Å². The molecule has 2 aromatic carbocycles. The van der Waals surface area contributed by atoms with Gasteiger partial charge in [-0.2, -0.15) is 0 Å². The van der Waals surface area contributed by atoms with Gasteiger partial charge in [0.25, 0.3) is 5.91 Å². The summed E-state index contributed by atoms with van der Waals surface area (Å²) >= 11 is 12.4. The van der Waals surface area contributed by atoms with E-state index in [4.69, 9.17) is 23.2 Å². The van der Waals surface area contributed by atoms with Gasteiger partial charge in [0.2, 0.25) is 5.91 Å². The fourth-order valence-corrected chi connectivity index (χ4v) is 4.30. The van der Waals surface area contributed by atoms with Crippen molar-refractivity contribution in [1.29, 1.82) is 0 Å². The number of anilines is 1. The van der Waals surface area contributed by atoms with Crippen molar-refractivity contribution in [2.75, 3.05) is 12.4 Å². The number of benzene rings is 2. The third-order valence-electron chi connectivity index (χ3n) is 5.38. The second kappa shape index (κ2) is 7.39. The number of halogens is 2. The summed E-state index contributed by atoms with van der Waals surface area (Å²) in [7, 11) is 1.66. The summed E-state index contributed by atoms with van der Waals surface area (Å²) < 4.78 is 0. The Balaban J connectivity index is 1.53. The van der Waals surface area contributed by atoms with E-state index in [-0.39, 0.29) is 17.7 Å². The van der Waals surface area contributed by atoms with Crippen LogP contribution < -0.4 is 5.32 Å². The average molecular weight is 419 g/mol. The molecular formula is C21H20Cl2N2O3. The first-order chi connectivity index (χ1) is 13.3. The molecule has 0 heterocycles. The highest BCUT2D eigenvalue weighted by Crippen LogP contribution is 2.41. The lowest BCUT2D eigenvalue weighted by atomic mass is 10.0. The van der Waals surface area contributed by atoms with Crippen LogP contribution in [0.2, 0.25) is 10.0 Å². The Morgan fingerprint density at radius 3 is 2.46 bits per heavy atom. The molecule has 2 N–H and O–H groups in total. The van der Waals surface area contributed by atoms with Gasteiger partial charge in [-0.15, -0.1) is 0 Å². The van der Waals surface area contributed by atoms with Gasteiger partial charge in [0.15, 0.2) is 0 Å². The molecule has 0 aromatic heterocycles. The Morgan fingerprint density at radius 2 is 1.82 bits per heavy atom. The molecule has 146 valence electrons. The third-order valence-corrected chi connectivity index (χ3v) is 5.93. The molecule has 0 radical (unpaired) electrons. The minimum absolute atomic E-state index is 0.0237. The topological polar surface area (TPSA) is 69.6 Å². The fraction of sp³-hybridized carbons (Fsp3) is 0.333. The maximum atomic E-state index is 13.0. The van der Waals surface area contributed by atoms with Crippen molar-refractivity contribution in [3.63, 3.8) is 0 Å². The summed E-state index contributed by atoms with van der Waals surface area (Å²) in [5, 5.41) is 14.4. The van der Waals surface area contributed by atoms with Crippen molar-refractivity contribution < 1.29 is 14.7 Å². The Morgan fingerprint density at radius 1 is 1.14 bits per heavy atom. The van der Waals surface area contributed by atoms with E-state index in [1.54, 1.807) is 43.4 Å². The van der Waals surface area contributed by atoms with Crippen LogP contribution in [-0.2, 0) is 11.2 Å². The van der Waals surface area contributed by atoms with Gasteiger partial charge in [-0.3, -0.25) is 9.59 Å². The van der Waals surface area contributed by atoms with E-state index in [9.17, 15) is 14.7 Å². The smallest absolute Gasteiger partial charge is 0.254 e. The summed E-state index contributed by atoms with van der Waals surface area (Å²) in [6.07, 6.45) is 1.50. The Kier molecular flexibility index (Phi) is 5.08. The molecule has 5 nitrogen and oxygen atoms in total. The number of hydrogen-bond donors (Lipinski definition) is 2. The maximum Gasteiger partial charge on any atom is 0.254 e. The number of amides is 2. The minimum atomic E-state index is -0.753. The van der Waals surface area contributed by atoms with Gasteiger partial charge >= 0.3 is 0 Å². The van der Waals surface area contributed by atoms with E-state index in [0.717, 1.165) is 24.0 Å². The van der Waals surface area contributed by atoms with Gasteiger partial charge in [0.05, 0.1) is 12.1 Å². The summed E-state index contributed by atoms with van der Waals surface area (Å²) in [5.74, 6) is -0.0845. The molecule has 2 aromatic rings. The van der Waals surface area contributed by atoms with Crippen LogP contribution in [0.4, 0.5) is 5.69 Å². The fourth-order valence-electron chi connectivity index (χ4n) is 3.71. The quantitative estimate of drug-likeness (QED) is 0.785. The first-order valence-electron chi connectivity index (χ1n) is 9.19. The second-order valence-electron chi connectivity index (χ2n) is 7.43. The molecule has 4 rings (SSSR count). The molecule has 0 unspecified atom stereocenters. The molecule has 2 aliphatic rings. The van der Waals surface area contributed by atoms with E-state index in [1.165, 1.54) is 4.90 Å². The highest BCUT2D eigenvalue weighted by molar-refractivity contribution is 6.35. The van der Waals surface area contributed by atoms with Gasteiger partial charge in [-0.25, -0.2) is 0 Å². The number of nitrogens with one attached hydrogen (secondary N) is 1. The van der Waals surface area contributed by atoms with Crippen LogP contribution in [0.1, 0.15) is 40.4 Å². The van der Waals surface area contributed by atoms with Gasteiger partial charge in [-0.05, 0) is 60.4 Å². The molecule has 0 aliphatic heterocycles. The zero-order valence-corrected chi connectivity index (χ0v) is 16.8. The van der Waals surface area contributed by atoms with Gasteiger partial charge < -0.3 is 15.3 Å². The van der Waals surface area contributed by atoms with Crippen LogP contribution in [-0.4, -0.2) is 35.0 Å². The van der Waals surface area contributed by atoms with E-state index >= 15 is 0 Å². The lowest BCUT2D eigenvalue weighted by Crippen LogP contribution is -2.36. The third kappa shape index (κ3) is 3.62. The molecule has 28 heavy (non-hydrogen) atoms. The molecule has 2 atom stereocenters. The summed E-state index contributed by atoms with van der Waals surface area (Å²) in [6, 6.07) is 9.66. The summed E-state index contributed by atoms with van der Waals surface area (Å²) in [5.41, 5.74) is 2.73. The highest BCUT2D eigenvalue weighted by Gasteiger charge is 2.38. The molecule has 7 heteroatoms. The molecule has 0 saturated heterocycles. The first-order valence-corrected chi connectivity index (χ1v) is 9.94. The standard InChI is InChI=1S/C21H20Cl2N2O3/c1-25(19-16-8-13(22)9-17(23)15(16)10-18(19)26)21(28)12-4-6-14(7-5-12)24-20(27)11-2-3-11/h4-9,11,18-19,26H,2-3,10H2,1H3,(H,24,27)/t18-,19+/m1/s1. The molecule has 0 bridgehead atoms. The Labute approximate surface area is 173 Å². The number of fused-ring (bicyclic) bond motifs is 1. The van der Waals surface area contributed by atoms with Crippen LogP contribution in [0.3, 0.4) is 0 Å². The molecule has 2 amide bonds. The van der Waals surface area contributed by atoms with Crippen molar-refractivity contribution >= 4 is 40.7 Å². The van der Waals surface area contributed by atoms with E-state index in [0.29, 0.717) is 27.7 Å². The van der Waals surface area contributed by atoms with E-state index < -0.39 is 12.1 Å². The number of carbonyl (C=O) groups excluding carboxylic acids is 2. The number of hydrogen-bond acceptors (Lipinski definition) is 3. The minimum Gasteiger partial charge on any atom is -0.390 e. The van der Waals surface area contributed by atoms with Crippen LogP contribution in [0, 0.1) is 5.92 Å². The zero-order chi connectivity index (χ0) is 20.0. The number of aliphatic hydroxyl groups excluding tert-OH is 1. The molecule has 1 fully saturated rings. The monoisotopic (exact) mass is 418 g/mol. The SMILES string of the molecule is CN(C(=O)c1ccc(NC(=O)C2CC2)cc1)[C@H]1c2cc(Cl)cc(Cl)c2C[C@H]1O. The summed E-state index contributed by atoms with van der Waals surface area (Å²) in [6.45, 7) is 0. The van der Waals surface area contributed by atoms with Crippen molar-refractivity contribution in [3.05, 3.63) is 63.1 Å². The molecule has 2 aliphatic carbocycles. The zero-order valence-electron chi connectivity index (χ0n) is 15.3. The van der Waals surface area contributed by atoms with Crippen molar-refractivity contribution in [2.45, 2.75) is 31.4 Å². The van der Waals surface area contributed by atoms with E-state index in [2.05, 4.69) is 5.32 Å². The van der Waals surface area contributed by atoms with Gasteiger partial charge in [0.1, 0.15) is 0 Å². The largest absolute Gasteiger partial charge is 0.390 e. The van der Waals surface area contributed by atoms with Crippen molar-refractivity contribution in [1.82, 2.24) is 4.90 Å². The van der Waals surface area contributed by atoms with Gasteiger partial charge in [0, 0.05) is 40.7 Å². The number of likely N-dealkylation sites (N-methyl/N-ethyl adjacent to an activating group) is 1. The molecular weight excluding hydrogens is 399 g/mol. The lowest BCUT2D eigenvalue weighted by Gasteiger charge is -2.28. The van der Waals surface area contributed by atoms with Crippen LogP contribution >= 0.6 is 23.2 Å². The van der Waals surface area contributed by atoms with Crippen LogP contribution in [0.5, 0.6) is 0 Å². The normalized spacial score (nSPS) is 20.6. The number of carbonyl (C=O) groups is 2. The Hall–Kier alpha value is -2.08. The number of aliphatic hydroxyl groups is 1. The Bertz CT molecular complexity index is 941. The maximum absolute atomic E-state index is 13.0. The first kappa shape index (κ1) is 19.2. The summed E-state index contributed by atoms with van der Waals surface area (Å²) in [4.78, 5) is 26.3. The molecule has 1 saturated carbocycles. The predicted molar refractivity (Wildman–Crippen MR) is 109 cm³/mol. The second-order valence-corrected chi connectivity index (χ2v) is 8.27. The van der Waals surface area contributed by atoms with Crippen LogP contribution in [0.25, 0.3) is 0 Å². The van der Waals surface area contributed by atoms with Crippen molar-refractivity contribution in [2.24, 2.45) is 5.92 Å². The number of nitrogens with zero attached hydrogens (tertiary/aromatic N) is 1. The van der Waals surface area contributed by atoms with Crippen molar-refractivity contribution in [3.8, 4) is 0 Å². The average Bonchev–Trinajstić information content (AvgIpc) is 3.45. The number of rotatable bonds is 4.